The van der Waals surface area contributed by atoms with E-state index < -0.39 is 0 Å². The highest BCUT2D eigenvalue weighted by Gasteiger charge is 2.32. The van der Waals surface area contributed by atoms with Gasteiger partial charge in [-0.05, 0) is 30.5 Å². The highest BCUT2D eigenvalue weighted by Crippen LogP contribution is 2.42. The van der Waals surface area contributed by atoms with E-state index in [1.54, 1.807) is 18.2 Å². The summed E-state index contributed by atoms with van der Waals surface area (Å²) in [5.74, 6) is 0.949. The second-order valence-electron chi connectivity index (χ2n) is 7.41. The number of rotatable bonds is 2. The van der Waals surface area contributed by atoms with Crippen molar-refractivity contribution >= 4 is 23.5 Å². The Bertz CT molecular complexity index is 881. The summed E-state index contributed by atoms with van der Waals surface area (Å²) in [7, 11) is 0. The number of phenolic OH excluding ortho intramolecular Hbond substituents is 1. The number of nitrogens with zero attached hydrogens (tertiary/aromatic N) is 1. The molecule has 2 aliphatic rings. The number of nitrogens with one attached hydrogen (secondary N) is 2. The molecule has 1 fully saturated rings. The lowest BCUT2D eigenvalue weighted by molar-refractivity contribution is -0.113. The van der Waals surface area contributed by atoms with E-state index >= 15 is 0 Å². The van der Waals surface area contributed by atoms with Crippen LogP contribution < -0.4 is 10.9 Å². The molecule has 2 aromatic rings. The SMILES string of the molecule is O=C1CS[C@H](c2cccc(O)c2)c2c(n(C3CCCCCCC3)[nH]c2=O)N1. The monoisotopic (exact) mass is 387 g/mol. The Morgan fingerprint density at radius 3 is 2.56 bits per heavy atom. The first-order valence-electron chi connectivity index (χ1n) is 9.68. The quantitative estimate of drug-likeness (QED) is 0.728. The van der Waals surface area contributed by atoms with Gasteiger partial charge in [0.2, 0.25) is 5.91 Å². The number of hydrogen-bond donors (Lipinski definition) is 3. The van der Waals surface area contributed by atoms with E-state index in [1.165, 1.54) is 31.0 Å². The van der Waals surface area contributed by atoms with E-state index in [4.69, 9.17) is 0 Å². The van der Waals surface area contributed by atoms with Crippen molar-refractivity contribution < 1.29 is 9.90 Å². The largest absolute Gasteiger partial charge is 0.508 e. The smallest absolute Gasteiger partial charge is 0.270 e. The first kappa shape index (κ1) is 18.2. The van der Waals surface area contributed by atoms with Crippen molar-refractivity contribution in [3.05, 3.63) is 45.7 Å². The van der Waals surface area contributed by atoms with E-state index in [1.807, 2.05) is 10.7 Å². The van der Waals surface area contributed by atoms with Crippen LogP contribution in [0, 0.1) is 0 Å². The van der Waals surface area contributed by atoms with Gasteiger partial charge in [0.15, 0.2) is 0 Å². The van der Waals surface area contributed by atoms with Crippen molar-refractivity contribution in [2.45, 2.75) is 56.2 Å². The molecule has 1 saturated carbocycles. The Morgan fingerprint density at radius 2 is 1.81 bits per heavy atom. The third kappa shape index (κ3) is 3.78. The molecule has 1 aliphatic carbocycles. The molecule has 1 aromatic heterocycles. The number of carbonyl (C=O) groups is 1. The number of amides is 1. The Hall–Kier alpha value is -2.15. The first-order valence-corrected chi connectivity index (χ1v) is 10.7. The molecule has 2 heterocycles. The van der Waals surface area contributed by atoms with Crippen molar-refractivity contribution in [3.8, 4) is 5.75 Å². The fourth-order valence-corrected chi connectivity index (χ4v) is 5.28. The molecule has 0 bridgehead atoms. The van der Waals surface area contributed by atoms with Crippen LogP contribution in [0.4, 0.5) is 5.82 Å². The van der Waals surface area contributed by atoms with Crippen LogP contribution in [0.3, 0.4) is 0 Å². The predicted octanol–water partition coefficient (Wildman–Crippen LogP) is 3.94. The van der Waals surface area contributed by atoms with Gasteiger partial charge in [0.1, 0.15) is 11.6 Å². The van der Waals surface area contributed by atoms with Crippen LogP contribution in [0.15, 0.2) is 29.1 Å². The highest BCUT2D eigenvalue weighted by molar-refractivity contribution is 8.00. The number of phenols is 1. The molecular formula is C20H25N3O3S. The van der Waals surface area contributed by atoms with Crippen LogP contribution >= 0.6 is 11.8 Å². The minimum absolute atomic E-state index is 0.0949. The maximum atomic E-state index is 12.9. The summed E-state index contributed by atoms with van der Waals surface area (Å²) in [5.41, 5.74) is 1.26. The second kappa shape index (κ2) is 7.84. The van der Waals surface area contributed by atoms with Gasteiger partial charge in [0, 0.05) is 0 Å². The summed E-state index contributed by atoms with van der Waals surface area (Å²) in [6, 6.07) is 7.15. The molecular weight excluding hydrogens is 362 g/mol. The number of fused-ring (bicyclic) bond motifs is 1. The summed E-state index contributed by atoms with van der Waals surface area (Å²) < 4.78 is 1.91. The summed E-state index contributed by atoms with van der Waals surface area (Å²) in [4.78, 5) is 25.3. The average molecular weight is 388 g/mol. The van der Waals surface area contributed by atoms with Crippen molar-refractivity contribution in [2.24, 2.45) is 0 Å². The van der Waals surface area contributed by atoms with Crippen LogP contribution in [0.2, 0.25) is 0 Å². The minimum atomic E-state index is -0.287. The van der Waals surface area contributed by atoms with E-state index in [2.05, 4.69) is 10.4 Å². The van der Waals surface area contributed by atoms with Crippen LogP contribution in [0.1, 0.15) is 67.4 Å². The van der Waals surface area contributed by atoms with Crippen LogP contribution in [-0.4, -0.2) is 26.5 Å². The number of hydrogen-bond acceptors (Lipinski definition) is 4. The fourth-order valence-electron chi connectivity index (χ4n) is 4.16. The zero-order valence-corrected chi connectivity index (χ0v) is 16.1. The molecule has 1 atom stereocenters. The summed E-state index contributed by atoms with van der Waals surface area (Å²) in [5, 5.41) is 15.6. The van der Waals surface area contributed by atoms with Gasteiger partial charge in [-0.3, -0.25) is 19.4 Å². The van der Waals surface area contributed by atoms with E-state index in [0.717, 1.165) is 31.2 Å². The third-order valence-corrected chi connectivity index (χ3v) is 6.75. The topological polar surface area (TPSA) is 87.1 Å². The van der Waals surface area contributed by atoms with Gasteiger partial charge in [-0.15, -0.1) is 11.8 Å². The maximum Gasteiger partial charge on any atom is 0.270 e. The Kier molecular flexibility index (Phi) is 5.29. The van der Waals surface area contributed by atoms with Gasteiger partial charge in [0.05, 0.1) is 22.6 Å². The number of aromatic hydroxyl groups is 1. The molecule has 1 aliphatic heterocycles. The van der Waals surface area contributed by atoms with Crippen LogP contribution in [0.5, 0.6) is 5.75 Å². The van der Waals surface area contributed by atoms with E-state index in [9.17, 15) is 14.7 Å². The molecule has 0 radical (unpaired) electrons. The van der Waals surface area contributed by atoms with E-state index in [-0.39, 0.29) is 34.3 Å². The Morgan fingerprint density at radius 1 is 1.07 bits per heavy atom. The Labute approximate surface area is 162 Å². The lowest BCUT2D eigenvalue weighted by Gasteiger charge is -2.23. The van der Waals surface area contributed by atoms with Gasteiger partial charge < -0.3 is 10.4 Å². The van der Waals surface area contributed by atoms with Crippen molar-refractivity contribution in [1.82, 2.24) is 9.78 Å². The van der Waals surface area contributed by atoms with Gasteiger partial charge in [-0.2, -0.15) is 0 Å². The summed E-state index contributed by atoms with van der Waals surface area (Å²) in [6.07, 6.45) is 8.01. The number of benzene rings is 1. The van der Waals surface area contributed by atoms with Gasteiger partial charge in [0.25, 0.3) is 5.56 Å². The molecule has 144 valence electrons. The number of carbonyl (C=O) groups excluding carboxylic acids is 1. The molecule has 27 heavy (non-hydrogen) atoms. The van der Waals surface area contributed by atoms with Gasteiger partial charge >= 0.3 is 0 Å². The number of aromatic amines is 1. The van der Waals surface area contributed by atoms with Crippen molar-refractivity contribution in [1.29, 1.82) is 0 Å². The normalized spacial score (nSPS) is 21.6. The predicted molar refractivity (Wildman–Crippen MR) is 107 cm³/mol. The molecule has 1 aromatic carbocycles. The molecule has 0 unspecified atom stereocenters. The Balaban J connectivity index is 1.78. The number of H-pyrrole nitrogens is 1. The standard InChI is InChI=1S/C20H25N3O3S/c24-15-10-6-7-13(11-15)18-17-19(21-16(25)12-27-18)23(22-20(17)26)14-8-4-2-1-3-5-9-14/h6-7,10-11,14,18,24H,1-5,8-9,12H2,(H,21,25)(H,22,26)/t18-/m1/s1. The third-order valence-electron chi connectivity index (χ3n) is 5.48. The highest BCUT2D eigenvalue weighted by atomic mass is 32.2. The number of thioether (sulfide) groups is 1. The lowest BCUT2D eigenvalue weighted by Crippen LogP contribution is -2.20. The fraction of sp³-hybridized carbons (Fsp3) is 0.500. The number of anilines is 1. The molecule has 7 heteroatoms. The molecule has 0 spiro atoms. The average Bonchev–Trinajstić information content (AvgIpc) is 2.81. The second-order valence-corrected chi connectivity index (χ2v) is 8.50. The zero-order valence-electron chi connectivity index (χ0n) is 15.2. The van der Waals surface area contributed by atoms with Crippen molar-refractivity contribution in [3.63, 3.8) is 0 Å². The summed E-state index contributed by atoms with van der Waals surface area (Å²) in [6.45, 7) is 0. The molecule has 3 N–H and O–H groups in total. The zero-order chi connectivity index (χ0) is 18.8. The minimum Gasteiger partial charge on any atom is -0.508 e. The summed E-state index contributed by atoms with van der Waals surface area (Å²) >= 11 is 1.42. The van der Waals surface area contributed by atoms with Crippen LogP contribution in [0.25, 0.3) is 0 Å². The first-order chi connectivity index (χ1) is 13.1. The molecule has 0 saturated heterocycles. The molecule has 1 amide bonds. The van der Waals surface area contributed by atoms with E-state index in [0.29, 0.717) is 11.4 Å². The van der Waals surface area contributed by atoms with Gasteiger partial charge in [-0.25, -0.2) is 0 Å². The van der Waals surface area contributed by atoms with Gasteiger partial charge in [-0.1, -0.05) is 44.2 Å². The van der Waals surface area contributed by atoms with Crippen LogP contribution in [-0.2, 0) is 4.79 Å². The maximum absolute atomic E-state index is 12.9. The molecule has 6 nitrogen and oxygen atoms in total. The molecule has 4 rings (SSSR count). The number of aromatic nitrogens is 2. The lowest BCUT2D eigenvalue weighted by atomic mass is 9.96. The van der Waals surface area contributed by atoms with Crippen molar-refractivity contribution in [2.75, 3.05) is 11.1 Å².